The van der Waals surface area contributed by atoms with Crippen LogP contribution in [0.25, 0.3) is 0 Å². The van der Waals surface area contributed by atoms with Crippen molar-refractivity contribution in [3.8, 4) is 0 Å². The van der Waals surface area contributed by atoms with Crippen molar-refractivity contribution in [3.05, 3.63) is 0 Å². The van der Waals surface area contributed by atoms with E-state index >= 15 is 0 Å². The monoisotopic (exact) mass is 170 g/mol. The zero-order valence-electron chi connectivity index (χ0n) is 7.21. The van der Waals surface area contributed by atoms with Crippen LogP contribution in [0.5, 0.6) is 0 Å². The number of carbonyl (C=O) groups excluding carboxylic acids is 1. The van der Waals surface area contributed by atoms with Crippen molar-refractivity contribution in [2.24, 2.45) is 0 Å². The van der Waals surface area contributed by atoms with Gasteiger partial charge in [0, 0.05) is 19.0 Å². The number of carbonyl (C=O) groups is 1. The first-order valence-corrected chi connectivity index (χ1v) is 4.35. The van der Waals surface area contributed by atoms with E-state index in [4.69, 9.17) is 0 Å². The molecule has 2 saturated heterocycles. The largest absolute Gasteiger partial charge is 0.374 e. The number of aliphatic hydroxyl groups is 1. The maximum Gasteiger partial charge on any atom is 0.223 e. The van der Waals surface area contributed by atoms with Gasteiger partial charge < -0.3 is 10.0 Å². The number of hydrogen-bond donors (Lipinski definition) is 2. The Labute approximate surface area is 71.5 Å². The lowest BCUT2D eigenvalue weighted by Crippen LogP contribution is -2.61. The van der Waals surface area contributed by atoms with Crippen LogP contribution >= 0.6 is 0 Å². The Balaban J connectivity index is 2.11. The van der Waals surface area contributed by atoms with Gasteiger partial charge in [-0.25, -0.2) is 0 Å². The molecule has 0 bridgehead atoms. The number of fused-ring (bicyclic) bond motifs is 1. The molecule has 2 atom stereocenters. The maximum atomic E-state index is 11.3. The van der Waals surface area contributed by atoms with Crippen molar-refractivity contribution in [1.82, 2.24) is 10.2 Å². The van der Waals surface area contributed by atoms with E-state index in [0.29, 0.717) is 19.0 Å². The normalized spacial score (nSPS) is 41.7. The van der Waals surface area contributed by atoms with Gasteiger partial charge in [-0.15, -0.1) is 0 Å². The topological polar surface area (TPSA) is 52.6 Å². The first kappa shape index (κ1) is 8.01. The van der Waals surface area contributed by atoms with Crippen LogP contribution < -0.4 is 5.32 Å². The van der Waals surface area contributed by atoms with Gasteiger partial charge in [-0.3, -0.25) is 10.1 Å². The van der Waals surface area contributed by atoms with E-state index in [-0.39, 0.29) is 5.91 Å². The highest BCUT2D eigenvalue weighted by molar-refractivity contribution is 5.79. The molecule has 2 unspecified atom stereocenters. The summed E-state index contributed by atoms with van der Waals surface area (Å²) in [5.41, 5.74) is -0.892. The molecule has 0 spiro atoms. The Morgan fingerprint density at radius 1 is 1.75 bits per heavy atom. The molecule has 0 aromatic carbocycles. The fourth-order valence-electron chi connectivity index (χ4n) is 1.95. The average Bonchev–Trinajstić information content (AvgIpc) is 2.31. The van der Waals surface area contributed by atoms with Crippen molar-refractivity contribution >= 4 is 5.91 Å². The van der Waals surface area contributed by atoms with E-state index in [1.54, 1.807) is 11.8 Å². The molecular weight excluding hydrogens is 156 g/mol. The molecule has 2 aliphatic heterocycles. The van der Waals surface area contributed by atoms with Gasteiger partial charge in [0.25, 0.3) is 0 Å². The third kappa shape index (κ3) is 1.21. The van der Waals surface area contributed by atoms with Gasteiger partial charge in [-0.2, -0.15) is 0 Å². The summed E-state index contributed by atoms with van der Waals surface area (Å²) in [5.74, 6) is 0.182. The van der Waals surface area contributed by atoms with E-state index < -0.39 is 5.72 Å². The minimum atomic E-state index is -0.892. The van der Waals surface area contributed by atoms with E-state index in [9.17, 15) is 9.90 Å². The molecule has 1 amide bonds. The summed E-state index contributed by atoms with van der Waals surface area (Å²) >= 11 is 0. The van der Waals surface area contributed by atoms with Gasteiger partial charge >= 0.3 is 0 Å². The van der Waals surface area contributed by atoms with Crippen molar-refractivity contribution in [2.75, 3.05) is 13.1 Å². The van der Waals surface area contributed by atoms with Gasteiger partial charge in [0.15, 0.2) is 0 Å². The maximum absolute atomic E-state index is 11.3. The van der Waals surface area contributed by atoms with Gasteiger partial charge in [0.2, 0.25) is 5.91 Å². The van der Waals surface area contributed by atoms with Gasteiger partial charge in [-0.1, -0.05) is 0 Å². The Kier molecular flexibility index (Phi) is 1.63. The second-order valence-corrected chi connectivity index (χ2v) is 3.87. The summed E-state index contributed by atoms with van der Waals surface area (Å²) in [6.07, 6.45) is 1.57. The lowest BCUT2D eigenvalue weighted by atomic mass is 10.1. The molecule has 2 rings (SSSR count). The summed E-state index contributed by atoms with van der Waals surface area (Å²) in [6, 6.07) is 0.317. The lowest BCUT2D eigenvalue weighted by Gasteiger charge is -2.39. The van der Waals surface area contributed by atoms with Gasteiger partial charge in [0.1, 0.15) is 5.72 Å². The van der Waals surface area contributed by atoms with Crippen molar-refractivity contribution < 1.29 is 9.90 Å². The standard InChI is InChI=1S/C8H14N2O2/c1-8(12)5-10-6(4-9-8)2-3-7(10)11/h6,9,12H,2-5H2,1H3. The summed E-state index contributed by atoms with van der Waals surface area (Å²) in [6.45, 7) is 2.85. The third-order valence-electron chi connectivity index (χ3n) is 2.65. The molecule has 2 N–H and O–H groups in total. The highest BCUT2D eigenvalue weighted by atomic mass is 16.3. The number of rotatable bonds is 0. The first-order valence-electron chi connectivity index (χ1n) is 4.35. The number of piperazine rings is 1. The molecule has 0 aliphatic carbocycles. The lowest BCUT2D eigenvalue weighted by molar-refractivity contribution is -0.136. The van der Waals surface area contributed by atoms with Crippen molar-refractivity contribution in [2.45, 2.75) is 31.5 Å². The minimum absolute atomic E-state index is 0.182. The highest BCUT2D eigenvalue weighted by Gasteiger charge is 2.40. The Morgan fingerprint density at radius 2 is 2.50 bits per heavy atom. The molecule has 68 valence electrons. The molecule has 2 aliphatic rings. The van der Waals surface area contributed by atoms with Crippen LogP contribution in [-0.4, -0.2) is 40.8 Å². The molecule has 12 heavy (non-hydrogen) atoms. The number of nitrogens with zero attached hydrogens (tertiary/aromatic N) is 1. The van der Waals surface area contributed by atoms with Gasteiger partial charge in [0.05, 0.1) is 6.54 Å². The smallest absolute Gasteiger partial charge is 0.223 e. The molecule has 2 fully saturated rings. The molecule has 4 nitrogen and oxygen atoms in total. The molecule has 0 aromatic rings. The summed E-state index contributed by atoms with van der Waals surface area (Å²) in [5, 5.41) is 12.6. The first-order chi connectivity index (χ1) is 5.58. The summed E-state index contributed by atoms with van der Waals surface area (Å²) < 4.78 is 0. The molecule has 2 heterocycles. The van der Waals surface area contributed by atoms with E-state index in [0.717, 1.165) is 13.0 Å². The molecule has 0 saturated carbocycles. The second kappa shape index (κ2) is 2.44. The van der Waals surface area contributed by atoms with Gasteiger partial charge in [-0.05, 0) is 13.3 Å². The van der Waals surface area contributed by atoms with E-state index in [1.165, 1.54) is 0 Å². The fraction of sp³-hybridized carbons (Fsp3) is 0.875. The molecular formula is C8H14N2O2. The fourth-order valence-corrected chi connectivity index (χ4v) is 1.95. The van der Waals surface area contributed by atoms with Crippen molar-refractivity contribution in [3.63, 3.8) is 0 Å². The zero-order valence-corrected chi connectivity index (χ0v) is 7.21. The summed E-state index contributed by atoms with van der Waals surface area (Å²) in [4.78, 5) is 13.1. The van der Waals surface area contributed by atoms with Crippen LogP contribution in [0.1, 0.15) is 19.8 Å². The highest BCUT2D eigenvalue weighted by Crippen LogP contribution is 2.23. The second-order valence-electron chi connectivity index (χ2n) is 3.87. The van der Waals surface area contributed by atoms with Crippen LogP contribution in [0, 0.1) is 0 Å². The Bertz CT molecular complexity index is 215. The van der Waals surface area contributed by atoms with Crippen LogP contribution in [0.15, 0.2) is 0 Å². The predicted octanol–water partition coefficient (Wildman–Crippen LogP) is -0.711. The quantitative estimate of drug-likeness (QED) is 0.505. The van der Waals surface area contributed by atoms with E-state index in [1.807, 2.05) is 0 Å². The van der Waals surface area contributed by atoms with Crippen LogP contribution in [0.3, 0.4) is 0 Å². The van der Waals surface area contributed by atoms with Crippen LogP contribution in [0.2, 0.25) is 0 Å². The molecule has 4 heteroatoms. The molecule has 0 aromatic heterocycles. The predicted molar refractivity (Wildman–Crippen MR) is 43.4 cm³/mol. The number of hydrogen-bond acceptors (Lipinski definition) is 3. The Morgan fingerprint density at radius 3 is 3.25 bits per heavy atom. The summed E-state index contributed by atoms with van der Waals surface area (Å²) in [7, 11) is 0. The van der Waals surface area contributed by atoms with Crippen molar-refractivity contribution in [1.29, 1.82) is 0 Å². The zero-order chi connectivity index (χ0) is 8.77. The van der Waals surface area contributed by atoms with Crippen LogP contribution in [0.4, 0.5) is 0 Å². The average molecular weight is 170 g/mol. The number of nitrogens with one attached hydrogen (secondary N) is 1. The molecule has 0 radical (unpaired) electrons. The Hall–Kier alpha value is -0.610. The van der Waals surface area contributed by atoms with E-state index in [2.05, 4.69) is 5.32 Å². The van der Waals surface area contributed by atoms with Crippen LogP contribution in [-0.2, 0) is 4.79 Å². The number of amides is 1. The SMILES string of the molecule is CC1(O)CN2C(=O)CCC2CN1. The third-order valence-corrected chi connectivity index (χ3v) is 2.65. The minimum Gasteiger partial charge on any atom is -0.374 e.